The first kappa shape index (κ1) is 51.9. The Kier molecular flexibility index (Phi) is 33.4. The fourth-order valence-electron chi connectivity index (χ4n) is 7.42. The number of hydrogen-bond acceptors (Lipinski definition) is 5. The Balaban J connectivity index is 4.34. The predicted molar refractivity (Wildman–Crippen MR) is 225 cm³/mol. The Bertz CT molecular complexity index is 843. The molecule has 0 fully saturated rings. The third kappa shape index (κ3) is 36.3. The number of hydrogen-bond donors (Lipinski definition) is 1. The molecular formula is C47H92O6. The number of esters is 1. The van der Waals surface area contributed by atoms with Crippen LogP contribution in [0.15, 0.2) is 0 Å². The normalized spacial score (nSPS) is 16.0. The van der Waals surface area contributed by atoms with E-state index in [9.17, 15) is 9.59 Å². The van der Waals surface area contributed by atoms with Crippen LogP contribution in [0.3, 0.4) is 0 Å². The molecule has 6 heteroatoms. The highest BCUT2D eigenvalue weighted by molar-refractivity contribution is 5.76. The van der Waals surface area contributed by atoms with Gasteiger partial charge in [-0.3, -0.25) is 9.59 Å². The fraction of sp³-hybridized carbons (Fsp3) is 0.957. The highest BCUT2D eigenvalue weighted by Crippen LogP contribution is 2.24. The van der Waals surface area contributed by atoms with Gasteiger partial charge in [0.25, 0.3) is 0 Å². The van der Waals surface area contributed by atoms with E-state index in [0.717, 1.165) is 48.3 Å². The average Bonchev–Trinajstić information content (AvgIpc) is 3.07. The fourth-order valence-corrected chi connectivity index (χ4v) is 7.42. The van der Waals surface area contributed by atoms with E-state index in [2.05, 4.69) is 69.2 Å². The molecule has 0 aliphatic carbocycles. The lowest BCUT2D eigenvalue weighted by atomic mass is 9.91. The van der Waals surface area contributed by atoms with Crippen LogP contribution in [-0.2, 0) is 23.8 Å². The zero-order chi connectivity index (χ0) is 39.9. The van der Waals surface area contributed by atoms with Gasteiger partial charge in [-0.25, -0.2) is 0 Å². The Hall–Kier alpha value is -1.14. The van der Waals surface area contributed by atoms with Crippen molar-refractivity contribution in [1.29, 1.82) is 0 Å². The molecule has 0 saturated carbocycles. The van der Waals surface area contributed by atoms with E-state index < -0.39 is 11.9 Å². The summed E-state index contributed by atoms with van der Waals surface area (Å²) in [5.41, 5.74) is 0. The van der Waals surface area contributed by atoms with Crippen LogP contribution in [0.2, 0.25) is 0 Å². The summed E-state index contributed by atoms with van der Waals surface area (Å²) in [5, 5.41) is 8.90. The van der Waals surface area contributed by atoms with Crippen LogP contribution in [0.5, 0.6) is 0 Å². The smallest absolute Gasteiger partial charge is 0.306 e. The standard InChI is InChI=1S/C47H92O6/c1-37(2)17-11-19-39(5)21-13-23-41(7)25-15-27-43(9)31-33-51-35-45(36-53-47(50)30-29-46(48)49)52-34-32-44(10)28-16-26-42(8)24-14-22-40(6)20-12-18-38(3)4/h37-45H,11-36H2,1-10H3,(H,48,49)/t39-,40-,41-,42-,43?,44?,45-/m1/s1. The van der Waals surface area contributed by atoms with E-state index in [0.29, 0.717) is 31.7 Å². The van der Waals surface area contributed by atoms with E-state index in [1.807, 2.05) is 0 Å². The molecule has 1 N–H and O–H groups in total. The topological polar surface area (TPSA) is 82.1 Å². The van der Waals surface area contributed by atoms with Crippen LogP contribution in [0.4, 0.5) is 0 Å². The number of ether oxygens (including phenoxy) is 3. The van der Waals surface area contributed by atoms with E-state index >= 15 is 0 Å². The van der Waals surface area contributed by atoms with Gasteiger partial charge in [-0.15, -0.1) is 0 Å². The molecule has 0 aliphatic rings. The summed E-state index contributed by atoms with van der Waals surface area (Å²) in [5.74, 6) is 4.66. The quantitative estimate of drug-likeness (QED) is 0.0499. The van der Waals surface area contributed by atoms with Gasteiger partial charge in [-0.1, -0.05) is 185 Å². The van der Waals surface area contributed by atoms with Crippen LogP contribution in [-0.4, -0.2) is 49.6 Å². The second kappa shape index (κ2) is 34.1. The van der Waals surface area contributed by atoms with Gasteiger partial charge in [0.15, 0.2) is 0 Å². The first-order chi connectivity index (χ1) is 25.2. The highest BCUT2D eigenvalue weighted by Gasteiger charge is 2.16. The van der Waals surface area contributed by atoms with E-state index in [4.69, 9.17) is 19.3 Å². The summed E-state index contributed by atoms with van der Waals surface area (Å²) in [6, 6.07) is 0. The summed E-state index contributed by atoms with van der Waals surface area (Å²) in [6.07, 6.45) is 25.3. The van der Waals surface area contributed by atoms with E-state index in [1.54, 1.807) is 0 Å². The van der Waals surface area contributed by atoms with Crippen LogP contribution in [0.25, 0.3) is 0 Å². The maximum absolute atomic E-state index is 12.1. The molecule has 53 heavy (non-hydrogen) atoms. The van der Waals surface area contributed by atoms with Gasteiger partial charge in [0.05, 0.1) is 19.4 Å². The maximum atomic E-state index is 12.1. The Labute approximate surface area is 330 Å². The van der Waals surface area contributed by atoms with Crippen molar-refractivity contribution in [2.45, 2.75) is 217 Å². The monoisotopic (exact) mass is 753 g/mol. The Morgan fingerprint density at radius 2 is 0.774 bits per heavy atom. The van der Waals surface area contributed by atoms with Gasteiger partial charge in [0.2, 0.25) is 0 Å². The molecular weight excluding hydrogens is 661 g/mol. The summed E-state index contributed by atoms with van der Waals surface area (Å²) >= 11 is 0. The minimum atomic E-state index is -0.996. The highest BCUT2D eigenvalue weighted by atomic mass is 16.6. The molecule has 7 atom stereocenters. The zero-order valence-electron chi connectivity index (χ0n) is 37.1. The summed E-state index contributed by atoms with van der Waals surface area (Å²) in [4.78, 5) is 23.0. The first-order valence-electron chi connectivity index (χ1n) is 22.7. The largest absolute Gasteiger partial charge is 0.481 e. The minimum Gasteiger partial charge on any atom is -0.481 e. The van der Waals surface area contributed by atoms with Crippen LogP contribution in [0.1, 0.15) is 210 Å². The molecule has 0 amide bonds. The van der Waals surface area contributed by atoms with Crippen molar-refractivity contribution in [3.05, 3.63) is 0 Å². The average molecular weight is 753 g/mol. The lowest BCUT2D eigenvalue weighted by molar-refractivity contribution is -0.152. The van der Waals surface area contributed by atoms with Gasteiger partial charge in [0.1, 0.15) is 12.7 Å². The summed E-state index contributed by atoms with van der Waals surface area (Å²) in [6.45, 7) is 25.4. The predicted octanol–water partition coefficient (Wildman–Crippen LogP) is 13.7. The number of carboxylic acids is 1. The van der Waals surface area contributed by atoms with Crippen LogP contribution in [0, 0.1) is 47.3 Å². The second-order valence-electron chi connectivity index (χ2n) is 18.7. The van der Waals surface area contributed by atoms with Crippen molar-refractivity contribution in [1.82, 2.24) is 0 Å². The van der Waals surface area contributed by atoms with Crippen molar-refractivity contribution in [3.63, 3.8) is 0 Å². The zero-order valence-corrected chi connectivity index (χ0v) is 37.1. The summed E-state index contributed by atoms with van der Waals surface area (Å²) in [7, 11) is 0. The Morgan fingerprint density at radius 1 is 0.434 bits per heavy atom. The van der Waals surface area contributed by atoms with Crippen LogP contribution < -0.4 is 0 Å². The second-order valence-corrected chi connectivity index (χ2v) is 18.7. The van der Waals surface area contributed by atoms with Crippen molar-refractivity contribution >= 4 is 11.9 Å². The molecule has 6 nitrogen and oxygen atoms in total. The molecule has 0 heterocycles. The van der Waals surface area contributed by atoms with Crippen molar-refractivity contribution < 1.29 is 28.9 Å². The molecule has 0 aromatic rings. The molecule has 0 rings (SSSR count). The van der Waals surface area contributed by atoms with Crippen LogP contribution >= 0.6 is 0 Å². The molecule has 0 aliphatic heterocycles. The lowest BCUT2D eigenvalue weighted by Gasteiger charge is -2.20. The number of carbonyl (C=O) groups is 2. The van der Waals surface area contributed by atoms with Gasteiger partial charge in [-0.05, 0) is 60.2 Å². The maximum Gasteiger partial charge on any atom is 0.306 e. The minimum absolute atomic E-state index is 0.102. The number of aliphatic carboxylic acids is 1. The van der Waals surface area contributed by atoms with Gasteiger partial charge >= 0.3 is 11.9 Å². The molecule has 0 aromatic heterocycles. The molecule has 0 radical (unpaired) electrons. The molecule has 0 saturated heterocycles. The summed E-state index contributed by atoms with van der Waals surface area (Å²) < 4.78 is 17.6. The van der Waals surface area contributed by atoms with E-state index in [1.165, 1.54) is 116 Å². The van der Waals surface area contributed by atoms with Crippen molar-refractivity contribution in [3.8, 4) is 0 Å². The molecule has 2 unspecified atom stereocenters. The van der Waals surface area contributed by atoms with Crippen molar-refractivity contribution in [2.75, 3.05) is 26.4 Å². The van der Waals surface area contributed by atoms with Gasteiger partial charge in [-0.2, -0.15) is 0 Å². The first-order valence-corrected chi connectivity index (χ1v) is 22.7. The van der Waals surface area contributed by atoms with E-state index in [-0.39, 0.29) is 25.6 Å². The van der Waals surface area contributed by atoms with Gasteiger partial charge < -0.3 is 19.3 Å². The molecule has 316 valence electrons. The van der Waals surface area contributed by atoms with Gasteiger partial charge in [0, 0.05) is 13.2 Å². The lowest BCUT2D eigenvalue weighted by Crippen LogP contribution is -2.28. The third-order valence-electron chi connectivity index (χ3n) is 11.5. The third-order valence-corrected chi connectivity index (χ3v) is 11.5. The Morgan fingerprint density at radius 3 is 1.13 bits per heavy atom. The number of carbonyl (C=O) groups excluding carboxylic acids is 1. The molecule has 0 bridgehead atoms. The molecule has 0 spiro atoms. The SMILES string of the molecule is CC(C)CCC[C@@H](C)CCC[C@@H](C)CCCC(C)CCOC[C@H](COC(=O)CCC(=O)O)OCCC(C)CCC[C@H](C)CCC[C@H](C)CCCC(C)C. The number of rotatable bonds is 38. The van der Waals surface area contributed by atoms with Crippen molar-refractivity contribution in [2.24, 2.45) is 47.3 Å². The molecule has 0 aromatic carbocycles. The number of carboxylic acid groups (broad SMARTS) is 1.